The summed E-state index contributed by atoms with van der Waals surface area (Å²) in [5.41, 5.74) is -0.842. The third-order valence-electron chi connectivity index (χ3n) is 7.32. The normalized spacial score (nSPS) is 25.6. The van der Waals surface area contributed by atoms with Crippen LogP contribution in [0.5, 0.6) is 0 Å². The topological polar surface area (TPSA) is 161 Å². The Kier molecular flexibility index (Phi) is 7.62. The molecule has 1 aromatic heterocycles. The number of nitrogens with one attached hydrogen (secondary N) is 2. The number of aliphatic carboxylic acids is 1. The van der Waals surface area contributed by atoms with Crippen LogP contribution in [0, 0.1) is 5.82 Å². The molecular weight excluding hydrogens is 473 g/mol. The van der Waals surface area contributed by atoms with Gasteiger partial charge in [0, 0.05) is 17.6 Å². The number of amides is 1. The molecule has 5 atom stereocenters. The van der Waals surface area contributed by atoms with Crippen LogP contribution in [0.4, 0.5) is 10.1 Å². The second-order valence-electron chi connectivity index (χ2n) is 9.73. The zero-order chi connectivity index (χ0) is 26.1. The molecule has 11 heteroatoms. The molecule has 2 fully saturated rings. The largest absolute Gasteiger partial charge is 0.480 e. The van der Waals surface area contributed by atoms with Crippen molar-refractivity contribution in [2.45, 2.75) is 88.3 Å². The van der Waals surface area contributed by atoms with E-state index in [9.17, 15) is 34.8 Å². The number of aliphatic hydroxyl groups excluding tert-OH is 3. The van der Waals surface area contributed by atoms with Gasteiger partial charge < -0.3 is 35.6 Å². The first kappa shape index (κ1) is 26.1. The predicted octanol–water partition coefficient (Wildman–Crippen LogP) is 1.51. The maximum atomic E-state index is 15.1. The summed E-state index contributed by atoms with van der Waals surface area (Å²) < 4.78 is 16.5. The molecule has 4 rings (SSSR count). The van der Waals surface area contributed by atoms with Crippen LogP contribution in [0.1, 0.15) is 68.3 Å². The molecule has 5 unspecified atom stereocenters. The fraction of sp³-hybridized carbons (Fsp3) is 0.560. The van der Waals surface area contributed by atoms with E-state index < -0.39 is 59.1 Å². The molecule has 1 heterocycles. The summed E-state index contributed by atoms with van der Waals surface area (Å²) in [4.78, 5) is 37.6. The Balaban J connectivity index is 1.84. The first-order valence-electron chi connectivity index (χ1n) is 12.3. The summed E-state index contributed by atoms with van der Waals surface area (Å²) in [5, 5.41) is 45.5. The van der Waals surface area contributed by atoms with Gasteiger partial charge in [-0.3, -0.25) is 9.59 Å². The summed E-state index contributed by atoms with van der Waals surface area (Å²) in [5.74, 6) is -2.91. The number of rotatable bonds is 7. The van der Waals surface area contributed by atoms with E-state index in [0.717, 1.165) is 38.2 Å². The number of pyridine rings is 1. The second-order valence-corrected chi connectivity index (χ2v) is 9.73. The van der Waals surface area contributed by atoms with Crippen LogP contribution >= 0.6 is 0 Å². The van der Waals surface area contributed by atoms with E-state index >= 15 is 4.39 Å². The van der Waals surface area contributed by atoms with E-state index in [4.69, 9.17) is 0 Å². The second kappa shape index (κ2) is 10.5. The molecule has 36 heavy (non-hydrogen) atoms. The summed E-state index contributed by atoms with van der Waals surface area (Å²) in [6.07, 6.45) is 2.00. The van der Waals surface area contributed by atoms with E-state index in [2.05, 4.69) is 10.6 Å². The van der Waals surface area contributed by atoms with Gasteiger partial charge in [-0.1, -0.05) is 26.2 Å². The average Bonchev–Trinajstić information content (AvgIpc) is 3.11. The number of hydrogen-bond donors (Lipinski definition) is 6. The number of carboxylic acid groups (broad SMARTS) is 1. The van der Waals surface area contributed by atoms with Crippen LogP contribution < -0.4 is 16.1 Å². The van der Waals surface area contributed by atoms with E-state index in [1.54, 1.807) is 6.92 Å². The summed E-state index contributed by atoms with van der Waals surface area (Å²) in [6, 6.07) is 0.384. The third-order valence-corrected chi connectivity index (χ3v) is 7.32. The molecular formula is C25H32FN3O7. The predicted molar refractivity (Wildman–Crippen MR) is 130 cm³/mol. The van der Waals surface area contributed by atoms with Gasteiger partial charge in [0.25, 0.3) is 5.91 Å². The van der Waals surface area contributed by atoms with Gasteiger partial charge in [0.1, 0.15) is 29.6 Å². The minimum absolute atomic E-state index is 0.0682. The number of halogens is 1. The van der Waals surface area contributed by atoms with Crippen LogP contribution in [0.15, 0.2) is 23.1 Å². The summed E-state index contributed by atoms with van der Waals surface area (Å²) >= 11 is 0. The third kappa shape index (κ3) is 4.95. The lowest BCUT2D eigenvalue weighted by atomic mass is 9.95. The molecule has 0 radical (unpaired) electrons. The lowest BCUT2D eigenvalue weighted by Gasteiger charge is -2.26. The lowest BCUT2D eigenvalue weighted by molar-refractivity contribution is -0.139. The van der Waals surface area contributed by atoms with E-state index in [-0.39, 0.29) is 35.5 Å². The Morgan fingerprint density at radius 2 is 1.83 bits per heavy atom. The molecule has 0 spiro atoms. The maximum absolute atomic E-state index is 15.1. The smallest absolute Gasteiger partial charge is 0.326 e. The molecule has 10 nitrogen and oxygen atoms in total. The SMILES string of the molecule is CCC(NC(=O)c1cn(C2CC(O)C(O)C2O)c2cc(NC3CCCCC3)c(F)cc2c1=O)C(=O)O. The van der Waals surface area contributed by atoms with Crippen molar-refractivity contribution in [1.29, 1.82) is 0 Å². The molecule has 6 N–H and O–H groups in total. The van der Waals surface area contributed by atoms with Gasteiger partial charge in [-0.2, -0.15) is 0 Å². The van der Waals surface area contributed by atoms with Crippen LogP contribution in [0.3, 0.4) is 0 Å². The number of carboxylic acids is 1. The molecule has 0 saturated heterocycles. The van der Waals surface area contributed by atoms with Crippen molar-refractivity contribution >= 4 is 28.5 Å². The average molecular weight is 506 g/mol. The maximum Gasteiger partial charge on any atom is 0.326 e. The number of fused-ring (bicyclic) bond motifs is 1. The van der Waals surface area contributed by atoms with Gasteiger partial charge in [-0.05, 0) is 37.8 Å². The molecule has 2 aliphatic carbocycles. The van der Waals surface area contributed by atoms with Gasteiger partial charge in [0.15, 0.2) is 0 Å². The number of carbonyl (C=O) groups is 2. The summed E-state index contributed by atoms with van der Waals surface area (Å²) in [7, 11) is 0. The van der Waals surface area contributed by atoms with E-state index in [1.807, 2.05) is 0 Å². The highest BCUT2D eigenvalue weighted by Crippen LogP contribution is 2.35. The number of nitrogens with zero attached hydrogens (tertiary/aromatic N) is 1. The Labute approximate surface area is 206 Å². The number of anilines is 1. The molecule has 2 aliphatic rings. The first-order chi connectivity index (χ1) is 17.1. The van der Waals surface area contributed by atoms with E-state index in [0.29, 0.717) is 0 Å². The molecule has 196 valence electrons. The molecule has 0 aliphatic heterocycles. The Bertz CT molecular complexity index is 1210. The van der Waals surface area contributed by atoms with Gasteiger partial charge in [-0.25, -0.2) is 9.18 Å². The van der Waals surface area contributed by atoms with E-state index in [1.165, 1.54) is 16.8 Å². The fourth-order valence-corrected chi connectivity index (χ4v) is 5.22. The monoisotopic (exact) mass is 505 g/mol. The highest BCUT2D eigenvalue weighted by Gasteiger charge is 2.42. The van der Waals surface area contributed by atoms with Gasteiger partial charge >= 0.3 is 5.97 Å². The van der Waals surface area contributed by atoms with Crippen molar-refractivity contribution in [2.24, 2.45) is 0 Å². The zero-order valence-corrected chi connectivity index (χ0v) is 20.0. The highest BCUT2D eigenvalue weighted by molar-refractivity contribution is 5.99. The van der Waals surface area contributed by atoms with Gasteiger partial charge in [0.2, 0.25) is 5.43 Å². The minimum atomic E-state index is -1.45. The molecule has 1 amide bonds. The van der Waals surface area contributed by atoms with Crippen molar-refractivity contribution in [2.75, 3.05) is 5.32 Å². The fourth-order valence-electron chi connectivity index (χ4n) is 5.22. The Morgan fingerprint density at radius 1 is 1.14 bits per heavy atom. The standard InChI is InChI=1S/C25H32FN3O7/c1-2-16(25(35)36)28-24(34)14-11-29(19-10-20(30)23(33)22(19)32)18-9-17(15(26)8-13(18)21(14)31)27-12-6-4-3-5-7-12/h8-9,11-12,16,19-20,22-23,27,30,32-33H,2-7,10H2,1H3,(H,28,34)(H,35,36). The van der Waals surface area contributed by atoms with Crippen LogP contribution in [0.2, 0.25) is 0 Å². The van der Waals surface area contributed by atoms with Crippen molar-refractivity contribution in [1.82, 2.24) is 9.88 Å². The lowest BCUT2D eigenvalue weighted by Crippen LogP contribution is -2.42. The number of hydrogen-bond acceptors (Lipinski definition) is 7. The first-order valence-corrected chi connectivity index (χ1v) is 12.3. The number of aliphatic hydroxyl groups is 3. The Hall–Kier alpha value is -3.02. The summed E-state index contributed by atoms with van der Waals surface area (Å²) in [6.45, 7) is 1.56. The van der Waals surface area contributed by atoms with Crippen molar-refractivity contribution in [3.63, 3.8) is 0 Å². The van der Waals surface area contributed by atoms with Gasteiger partial charge in [0.05, 0.1) is 23.3 Å². The van der Waals surface area contributed by atoms with Crippen LogP contribution in [-0.4, -0.2) is 67.3 Å². The molecule has 1 aromatic carbocycles. The number of benzene rings is 1. The van der Waals surface area contributed by atoms with Crippen molar-refractivity contribution in [3.05, 3.63) is 39.9 Å². The van der Waals surface area contributed by atoms with Gasteiger partial charge in [-0.15, -0.1) is 0 Å². The zero-order valence-electron chi connectivity index (χ0n) is 20.0. The van der Waals surface area contributed by atoms with Crippen LogP contribution in [0.25, 0.3) is 10.9 Å². The van der Waals surface area contributed by atoms with Crippen molar-refractivity contribution in [3.8, 4) is 0 Å². The highest BCUT2D eigenvalue weighted by atomic mass is 19.1. The molecule has 2 aromatic rings. The minimum Gasteiger partial charge on any atom is -0.480 e. The van der Waals surface area contributed by atoms with Crippen molar-refractivity contribution < 1.29 is 34.4 Å². The number of aromatic nitrogens is 1. The molecule has 0 bridgehead atoms. The van der Waals surface area contributed by atoms with Crippen LogP contribution in [-0.2, 0) is 4.79 Å². The number of carbonyl (C=O) groups excluding carboxylic acids is 1. The molecule has 2 saturated carbocycles. The quantitative estimate of drug-likeness (QED) is 0.330. The Morgan fingerprint density at radius 3 is 2.42 bits per heavy atom.